The smallest absolute Gasteiger partial charge is 0.0627 e. The molecule has 1 aliphatic rings. The third-order valence-corrected chi connectivity index (χ3v) is 5.81. The highest BCUT2D eigenvalue weighted by molar-refractivity contribution is 6.73. The molecular formula is C14H14Si. The molecule has 0 aliphatic carbocycles. The Labute approximate surface area is 92.8 Å². The lowest BCUT2D eigenvalue weighted by Crippen LogP contribution is -2.23. The first-order chi connectivity index (χ1) is 7.27. The van der Waals surface area contributed by atoms with E-state index in [1.165, 1.54) is 22.3 Å². The molecule has 0 saturated heterocycles. The third kappa shape index (κ3) is 1.20. The number of benzene rings is 2. The Balaban J connectivity index is 2.31. The van der Waals surface area contributed by atoms with Gasteiger partial charge in [0.15, 0.2) is 0 Å². The van der Waals surface area contributed by atoms with Crippen LogP contribution in [0.5, 0.6) is 0 Å². The summed E-state index contributed by atoms with van der Waals surface area (Å²) in [5, 5.41) is 3.28. The fourth-order valence-electron chi connectivity index (χ4n) is 2.48. The number of rotatable bonds is 0. The van der Waals surface area contributed by atoms with Gasteiger partial charge in [-0.25, -0.2) is 0 Å². The first-order valence-electron chi connectivity index (χ1n) is 5.45. The van der Waals surface area contributed by atoms with Crippen LogP contribution in [-0.2, 0) is 0 Å². The molecule has 0 radical (unpaired) electrons. The van der Waals surface area contributed by atoms with Crippen molar-refractivity contribution in [1.29, 1.82) is 0 Å². The summed E-state index contributed by atoms with van der Waals surface area (Å²) in [6, 6.07) is 13.4. The van der Waals surface area contributed by atoms with Crippen LogP contribution in [0.1, 0.15) is 11.1 Å². The number of hydrogen-bond acceptors (Lipinski definition) is 0. The van der Waals surface area contributed by atoms with Crippen molar-refractivity contribution in [3.8, 4) is 11.1 Å². The van der Waals surface area contributed by atoms with E-state index in [-0.39, 0.29) is 9.52 Å². The van der Waals surface area contributed by atoms with Crippen molar-refractivity contribution in [1.82, 2.24) is 0 Å². The van der Waals surface area contributed by atoms with Crippen molar-refractivity contribution in [2.75, 3.05) is 0 Å². The predicted octanol–water partition coefficient (Wildman–Crippen LogP) is 1.40. The molecule has 0 aromatic heterocycles. The van der Waals surface area contributed by atoms with E-state index < -0.39 is 0 Å². The lowest BCUT2D eigenvalue weighted by molar-refractivity contribution is 1.37. The van der Waals surface area contributed by atoms with Crippen LogP contribution >= 0.6 is 0 Å². The molecule has 0 spiro atoms. The van der Waals surface area contributed by atoms with E-state index in [1.807, 2.05) is 0 Å². The minimum absolute atomic E-state index is 0.210. The van der Waals surface area contributed by atoms with Crippen molar-refractivity contribution < 1.29 is 0 Å². The Kier molecular flexibility index (Phi) is 1.83. The summed E-state index contributed by atoms with van der Waals surface area (Å²) in [6.07, 6.45) is 0. The zero-order valence-corrected chi connectivity index (χ0v) is 10.6. The van der Waals surface area contributed by atoms with Gasteiger partial charge in [-0.1, -0.05) is 46.8 Å². The van der Waals surface area contributed by atoms with Gasteiger partial charge in [0.25, 0.3) is 0 Å². The summed E-state index contributed by atoms with van der Waals surface area (Å²) in [7, 11) is -0.210. The first kappa shape index (κ1) is 8.92. The zero-order valence-electron chi connectivity index (χ0n) is 9.17. The summed E-state index contributed by atoms with van der Waals surface area (Å²) in [4.78, 5) is 0. The van der Waals surface area contributed by atoms with E-state index in [0.717, 1.165) is 0 Å². The molecule has 1 heteroatoms. The van der Waals surface area contributed by atoms with Gasteiger partial charge < -0.3 is 0 Å². The molecular weight excluding hydrogens is 196 g/mol. The van der Waals surface area contributed by atoms with Crippen LogP contribution in [0.3, 0.4) is 0 Å². The Bertz CT molecular complexity index is 541. The lowest BCUT2D eigenvalue weighted by atomic mass is 10.0. The molecule has 74 valence electrons. The molecule has 0 atom stereocenters. The molecule has 15 heavy (non-hydrogen) atoms. The molecule has 2 aromatic rings. The number of aryl methyl sites for hydroxylation is 1. The SMILES string of the molecule is Cc1ccc2c(c1C)[SiH2]c1ccccc1-2. The molecule has 0 nitrogen and oxygen atoms in total. The molecule has 0 amide bonds. The second-order valence-corrected chi connectivity index (χ2v) is 6.19. The Morgan fingerprint density at radius 3 is 2.53 bits per heavy atom. The van der Waals surface area contributed by atoms with E-state index in [1.54, 1.807) is 10.4 Å². The zero-order chi connectivity index (χ0) is 10.4. The molecule has 2 aromatic carbocycles. The van der Waals surface area contributed by atoms with E-state index >= 15 is 0 Å². The topological polar surface area (TPSA) is 0 Å². The van der Waals surface area contributed by atoms with Gasteiger partial charge in [0, 0.05) is 0 Å². The second kappa shape index (κ2) is 3.07. The summed E-state index contributed by atoms with van der Waals surface area (Å²) in [5.41, 5.74) is 5.95. The van der Waals surface area contributed by atoms with Crippen LogP contribution in [0.4, 0.5) is 0 Å². The highest BCUT2D eigenvalue weighted by Gasteiger charge is 2.19. The monoisotopic (exact) mass is 210 g/mol. The summed E-state index contributed by atoms with van der Waals surface area (Å²) < 4.78 is 0. The molecule has 0 N–H and O–H groups in total. The van der Waals surface area contributed by atoms with Gasteiger partial charge in [0.05, 0.1) is 9.52 Å². The standard InChI is InChI=1S/C14H14Si/c1-9-7-8-12-11-5-3-4-6-13(11)15-14(12)10(9)2/h3-8H,15H2,1-2H3. The van der Waals surface area contributed by atoms with Crippen molar-refractivity contribution in [3.05, 3.63) is 47.5 Å². The number of fused-ring (bicyclic) bond motifs is 3. The van der Waals surface area contributed by atoms with Gasteiger partial charge in [-0.05, 0) is 36.1 Å². The quantitative estimate of drug-likeness (QED) is 0.492. The Morgan fingerprint density at radius 2 is 1.67 bits per heavy atom. The maximum Gasteiger partial charge on any atom is 0.0894 e. The van der Waals surface area contributed by atoms with Crippen LogP contribution < -0.4 is 10.4 Å². The Morgan fingerprint density at radius 1 is 0.867 bits per heavy atom. The third-order valence-electron chi connectivity index (χ3n) is 3.54. The van der Waals surface area contributed by atoms with Crippen molar-refractivity contribution in [2.24, 2.45) is 0 Å². The van der Waals surface area contributed by atoms with Crippen molar-refractivity contribution >= 4 is 19.9 Å². The maximum atomic E-state index is 2.30. The fourth-order valence-corrected chi connectivity index (χ4v) is 4.66. The number of hydrogen-bond donors (Lipinski definition) is 0. The van der Waals surface area contributed by atoms with E-state index in [4.69, 9.17) is 0 Å². The van der Waals surface area contributed by atoms with E-state index in [0.29, 0.717) is 0 Å². The first-order valence-corrected chi connectivity index (χ1v) is 6.86. The van der Waals surface area contributed by atoms with Gasteiger partial charge in [0.2, 0.25) is 0 Å². The minimum Gasteiger partial charge on any atom is -0.0627 e. The van der Waals surface area contributed by atoms with Crippen molar-refractivity contribution in [2.45, 2.75) is 13.8 Å². The predicted molar refractivity (Wildman–Crippen MR) is 69.2 cm³/mol. The van der Waals surface area contributed by atoms with Gasteiger partial charge in [-0.15, -0.1) is 0 Å². The highest BCUT2D eigenvalue weighted by atomic mass is 28.2. The average Bonchev–Trinajstić information content (AvgIpc) is 2.63. The van der Waals surface area contributed by atoms with Gasteiger partial charge in [-0.3, -0.25) is 0 Å². The molecule has 1 aliphatic heterocycles. The van der Waals surface area contributed by atoms with Crippen LogP contribution in [0.2, 0.25) is 0 Å². The summed E-state index contributed by atoms with van der Waals surface area (Å²) in [6.45, 7) is 4.49. The van der Waals surface area contributed by atoms with Gasteiger partial charge >= 0.3 is 0 Å². The van der Waals surface area contributed by atoms with Crippen molar-refractivity contribution in [3.63, 3.8) is 0 Å². The summed E-state index contributed by atoms with van der Waals surface area (Å²) in [5.74, 6) is 0. The Hall–Kier alpha value is -1.34. The molecule has 0 unspecified atom stereocenters. The van der Waals surface area contributed by atoms with Gasteiger partial charge in [0.1, 0.15) is 0 Å². The van der Waals surface area contributed by atoms with Crippen LogP contribution in [0.15, 0.2) is 36.4 Å². The van der Waals surface area contributed by atoms with Gasteiger partial charge in [-0.2, -0.15) is 0 Å². The molecule has 0 saturated carbocycles. The highest BCUT2D eigenvalue weighted by Crippen LogP contribution is 2.22. The maximum absolute atomic E-state index is 2.30. The lowest BCUT2D eigenvalue weighted by Gasteiger charge is -2.07. The van der Waals surface area contributed by atoms with E-state index in [2.05, 4.69) is 50.2 Å². The normalized spacial score (nSPS) is 14.0. The van der Waals surface area contributed by atoms with E-state index in [9.17, 15) is 0 Å². The summed E-state index contributed by atoms with van der Waals surface area (Å²) >= 11 is 0. The second-order valence-electron chi connectivity index (χ2n) is 4.37. The van der Waals surface area contributed by atoms with Crippen LogP contribution in [0.25, 0.3) is 11.1 Å². The molecule has 0 bridgehead atoms. The van der Waals surface area contributed by atoms with Crippen LogP contribution in [-0.4, -0.2) is 9.52 Å². The largest absolute Gasteiger partial charge is 0.0894 e. The minimum atomic E-state index is -0.210. The molecule has 1 heterocycles. The molecule has 3 rings (SSSR count). The van der Waals surface area contributed by atoms with Crippen LogP contribution in [0, 0.1) is 13.8 Å². The fraction of sp³-hybridized carbons (Fsp3) is 0.143. The average molecular weight is 210 g/mol. The molecule has 0 fully saturated rings.